The van der Waals surface area contributed by atoms with Crippen LogP contribution in [0.1, 0.15) is 42.7 Å². The first kappa shape index (κ1) is 20.4. The molecule has 1 N–H and O–H groups in total. The first-order valence-electron chi connectivity index (χ1n) is 10.2. The van der Waals surface area contributed by atoms with Crippen LogP contribution in [0.5, 0.6) is 0 Å². The lowest BCUT2D eigenvalue weighted by atomic mass is 10.1. The molecule has 1 aromatic rings. The highest BCUT2D eigenvalue weighted by molar-refractivity contribution is 5.91. The van der Waals surface area contributed by atoms with Gasteiger partial charge in [-0.15, -0.1) is 0 Å². The highest BCUT2D eigenvalue weighted by atomic mass is 16.3. The SMILES string of the molecule is O=C(NCCCC(=O)N1CCN(CC(=O)N2CCCCC2)CC1)c1ccco1. The summed E-state index contributed by atoms with van der Waals surface area (Å²) in [5, 5.41) is 2.75. The summed E-state index contributed by atoms with van der Waals surface area (Å²) < 4.78 is 5.03. The van der Waals surface area contributed by atoms with Crippen LogP contribution in [0, 0.1) is 0 Å². The highest BCUT2D eigenvalue weighted by Crippen LogP contribution is 2.11. The Morgan fingerprint density at radius 2 is 1.64 bits per heavy atom. The van der Waals surface area contributed by atoms with E-state index in [-0.39, 0.29) is 23.5 Å². The van der Waals surface area contributed by atoms with Gasteiger partial charge in [0.05, 0.1) is 12.8 Å². The summed E-state index contributed by atoms with van der Waals surface area (Å²) in [6.07, 6.45) is 5.89. The number of nitrogens with zero attached hydrogens (tertiary/aromatic N) is 3. The molecule has 8 nitrogen and oxygen atoms in total. The normalized spacial score (nSPS) is 18.1. The van der Waals surface area contributed by atoms with E-state index in [1.165, 1.54) is 12.7 Å². The number of nitrogens with one attached hydrogen (secondary N) is 1. The molecule has 0 aliphatic carbocycles. The molecule has 0 aromatic carbocycles. The standard InChI is InChI=1S/C20H30N4O4/c25-18(7-4-8-21-20(27)17-6-5-15-28-17)24-13-11-22(12-14-24)16-19(26)23-9-2-1-3-10-23/h5-6,15H,1-4,7-14,16H2,(H,21,27). The van der Waals surface area contributed by atoms with E-state index in [0.717, 1.165) is 39.0 Å². The average Bonchev–Trinajstić information content (AvgIpc) is 3.27. The molecule has 2 saturated heterocycles. The topological polar surface area (TPSA) is 86.1 Å². The first-order valence-corrected chi connectivity index (χ1v) is 10.2. The Bertz CT molecular complexity index is 647. The molecule has 2 aliphatic rings. The van der Waals surface area contributed by atoms with Crippen LogP contribution in [0.4, 0.5) is 0 Å². The Morgan fingerprint density at radius 3 is 2.32 bits per heavy atom. The Balaban J connectivity index is 1.29. The summed E-state index contributed by atoms with van der Waals surface area (Å²) >= 11 is 0. The lowest BCUT2D eigenvalue weighted by Crippen LogP contribution is -2.52. The van der Waals surface area contributed by atoms with Crippen molar-refractivity contribution in [3.8, 4) is 0 Å². The molecule has 0 saturated carbocycles. The number of piperazine rings is 1. The lowest BCUT2D eigenvalue weighted by molar-refractivity contribution is -0.135. The quantitative estimate of drug-likeness (QED) is 0.701. The maximum absolute atomic E-state index is 12.4. The number of piperidine rings is 1. The van der Waals surface area contributed by atoms with Gasteiger partial charge in [-0.3, -0.25) is 19.3 Å². The molecule has 3 amide bonds. The van der Waals surface area contributed by atoms with Crippen molar-refractivity contribution in [3.05, 3.63) is 24.2 Å². The highest BCUT2D eigenvalue weighted by Gasteiger charge is 2.24. The Morgan fingerprint density at radius 1 is 0.929 bits per heavy atom. The van der Waals surface area contributed by atoms with E-state index < -0.39 is 0 Å². The molecular weight excluding hydrogens is 360 g/mol. The number of amides is 3. The Hall–Kier alpha value is -2.35. The van der Waals surface area contributed by atoms with Crippen molar-refractivity contribution in [3.63, 3.8) is 0 Å². The maximum atomic E-state index is 12.4. The number of hydrogen-bond acceptors (Lipinski definition) is 5. The summed E-state index contributed by atoms with van der Waals surface area (Å²) in [6.45, 7) is 5.45. The third kappa shape index (κ3) is 5.82. The van der Waals surface area contributed by atoms with Crippen molar-refractivity contribution >= 4 is 17.7 Å². The van der Waals surface area contributed by atoms with Gasteiger partial charge in [0.2, 0.25) is 11.8 Å². The second-order valence-corrected chi connectivity index (χ2v) is 7.44. The molecule has 3 heterocycles. The van der Waals surface area contributed by atoms with Crippen molar-refractivity contribution in [1.82, 2.24) is 20.0 Å². The largest absolute Gasteiger partial charge is 0.459 e. The third-order valence-corrected chi connectivity index (χ3v) is 5.39. The molecule has 0 spiro atoms. The van der Waals surface area contributed by atoms with E-state index in [0.29, 0.717) is 39.0 Å². The molecule has 28 heavy (non-hydrogen) atoms. The number of hydrogen-bond donors (Lipinski definition) is 1. The van der Waals surface area contributed by atoms with Gasteiger partial charge in [0, 0.05) is 52.2 Å². The summed E-state index contributed by atoms with van der Waals surface area (Å²) in [5.41, 5.74) is 0. The monoisotopic (exact) mass is 390 g/mol. The fourth-order valence-electron chi connectivity index (χ4n) is 3.68. The zero-order valence-corrected chi connectivity index (χ0v) is 16.4. The minimum Gasteiger partial charge on any atom is -0.459 e. The van der Waals surface area contributed by atoms with Crippen LogP contribution in [0.15, 0.2) is 22.8 Å². The van der Waals surface area contributed by atoms with Crippen molar-refractivity contribution in [2.75, 3.05) is 52.4 Å². The molecule has 154 valence electrons. The molecule has 0 unspecified atom stereocenters. The van der Waals surface area contributed by atoms with E-state index in [1.807, 2.05) is 9.80 Å². The van der Waals surface area contributed by atoms with Crippen LogP contribution >= 0.6 is 0 Å². The van der Waals surface area contributed by atoms with Gasteiger partial charge >= 0.3 is 0 Å². The smallest absolute Gasteiger partial charge is 0.286 e. The third-order valence-electron chi connectivity index (χ3n) is 5.39. The second kappa shape index (κ2) is 10.3. The van der Waals surface area contributed by atoms with E-state index >= 15 is 0 Å². The van der Waals surface area contributed by atoms with Crippen LogP contribution in [0.25, 0.3) is 0 Å². The van der Waals surface area contributed by atoms with Gasteiger partial charge in [0.15, 0.2) is 5.76 Å². The number of rotatable bonds is 7. The lowest BCUT2D eigenvalue weighted by Gasteiger charge is -2.36. The first-order chi connectivity index (χ1) is 13.6. The minimum atomic E-state index is -0.260. The van der Waals surface area contributed by atoms with Gasteiger partial charge in [-0.2, -0.15) is 0 Å². The maximum Gasteiger partial charge on any atom is 0.286 e. The van der Waals surface area contributed by atoms with Gasteiger partial charge in [0.1, 0.15) is 0 Å². The molecule has 3 rings (SSSR count). The fraction of sp³-hybridized carbons (Fsp3) is 0.650. The second-order valence-electron chi connectivity index (χ2n) is 7.44. The molecule has 1 aromatic heterocycles. The van der Waals surface area contributed by atoms with E-state index in [2.05, 4.69) is 10.2 Å². The molecular formula is C20H30N4O4. The zero-order valence-electron chi connectivity index (χ0n) is 16.4. The summed E-state index contributed by atoms with van der Waals surface area (Å²) in [7, 11) is 0. The summed E-state index contributed by atoms with van der Waals surface area (Å²) in [5.74, 6) is 0.340. The van der Waals surface area contributed by atoms with Gasteiger partial charge in [0.25, 0.3) is 5.91 Å². The number of carbonyl (C=O) groups is 3. The van der Waals surface area contributed by atoms with Crippen LogP contribution in [0.2, 0.25) is 0 Å². The average molecular weight is 390 g/mol. The van der Waals surface area contributed by atoms with Crippen molar-refractivity contribution in [2.45, 2.75) is 32.1 Å². The van der Waals surface area contributed by atoms with Crippen LogP contribution in [-0.2, 0) is 9.59 Å². The predicted molar refractivity (Wildman–Crippen MR) is 104 cm³/mol. The number of carbonyl (C=O) groups excluding carboxylic acids is 3. The van der Waals surface area contributed by atoms with Crippen LogP contribution < -0.4 is 5.32 Å². The van der Waals surface area contributed by atoms with Crippen molar-refractivity contribution < 1.29 is 18.8 Å². The van der Waals surface area contributed by atoms with Crippen LogP contribution in [-0.4, -0.2) is 84.8 Å². The predicted octanol–water partition coefficient (Wildman–Crippen LogP) is 0.946. The number of furan rings is 1. The zero-order chi connectivity index (χ0) is 19.8. The molecule has 8 heteroatoms. The Labute approximate surface area is 165 Å². The summed E-state index contributed by atoms with van der Waals surface area (Å²) in [4.78, 5) is 42.4. The van der Waals surface area contributed by atoms with Crippen molar-refractivity contribution in [2.24, 2.45) is 0 Å². The molecule has 0 atom stereocenters. The van der Waals surface area contributed by atoms with Gasteiger partial charge in [-0.05, 0) is 37.8 Å². The minimum absolute atomic E-state index is 0.106. The molecule has 2 fully saturated rings. The van der Waals surface area contributed by atoms with E-state index in [9.17, 15) is 14.4 Å². The fourth-order valence-corrected chi connectivity index (χ4v) is 3.68. The molecule has 0 radical (unpaired) electrons. The van der Waals surface area contributed by atoms with Crippen molar-refractivity contribution in [1.29, 1.82) is 0 Å². The van der Waals surface area contributed by atoms with Crippen LogP contribution in [0.3, 0.4) is 0 Å². The van der Waals surface area contributed by atoms with Gasteiger partial charge in [-0.25, -0.2) is 0 Å². The molecule has 0 bridgehead atoms. The Kier molecular flexibility index (Phi) is 7.47. The van der Waals surface area contributed by atoms with Gasteiger partial charge < -0.3 is 19.5 Å². The summed E-state index contributed by atoms with van der Waals surface area (Å²) in [6, 6.07) is 3.27. The van der Waals surface area contributed by atoms with E-state index in [4.69, 9.17) is 4.42 Å². The van der Waals surface area contributed by atoms with Gasteiger partial charge in [-0.1, -0.05) is 0 Å². The number of likely N-dealkylation sites (tertiary alicyclic amines) is 1. The van der Waals surface area contributed by atoms with E-state index in [1.54, 1.807) is 12.1 Å². The molecule has 2 aliphatic heterocycles.